The molecule has 0 radical (unpaired) electrons. The van der Waals surface area contributed by atoms with Crippen molar-refractivity contribution in [1.29, 1.82) is 0 Å². The highest BCUT2D eigenvalue weighted by molar-refractivity contribution is 4.86. The Labute approximate surface area is 113 Å². The molecule has 0 aromatic heterocycles. The third-order valence-corrected chi connectivity index (χ3v) is 4.00. The van der Waals surface area contributed by atoms with Crippen molar-refractivity contribution in [1.82, 2.24) is 10.2 Å². The minimum Gasteiger partial charge on any atom is -0.380 e. The van der Waals surface area contributed by atoms with Crippen molar-refractivity contribution >= 4 is 0 Å². The van der Waals surface area contributed by atoms with Crippen LogP contribution in [0.5, 0.6) is 0 Å². The molecule has 1 heterocycles. The highest BCUT2D eigenvalue weighted by atomic mass is 16.5. The first-order valence-electron chi connectivity index (χ1n) is 7.74. The predicted octanol–water partition coefficient (Wildman–Crippen LogP) is 2.51. The van der Waals surface area contributed by atoms with E-state index in [0.717, 1.165) is 26.3 Å². The number of piperazine rings is 1. The normalized spacial score (nSPS) is 25.8. The second-order valence-electron chi connectivity index (χ2n) is 5.78. The van der Waals surface area contributed by atoms with Gasteiger partial charge in [-0.15, -0.1) is 0 Å². The van der Waals surface area contributed by atoms with Gasteiger partial charge in [0.1, 0.15) is 0 Å². The molecule has 1 rings (SSSR count). The van der Waals surface area contributed by atoms with E-state index in [0.29, 0.717) is 18.0 Å². The molecule has 0 aromatic rings. The van der Waals surface area contributed by atoms with E-state index in [1.165, 1.54) is 25.8 Å². The zero-order valence-corrected chi connectivity index (χ0v) is 12.7. The summed E-state index contributed by atoms with van der Waals surface area (Å²) in [6.45, 7) is 14.3. The van der Waals surface area contributed by atoms with Gasteiger partial charge in [-0.3, -0.25) is 4.90 Å². The molecule has 1 fully saturated rings. The number of ether oxygens (including phenoxy) is 1. The fourth-order valence-corrected chi connectivity index (χ4v) is 2.54. The Kier molecular flexibility index (Phi) is 7.87. The molecule has 0 aliphatic carbocycles. The summed E-state index contributed by atoms with van der Waals surface area (Å²) in [6, 6.07) is 1.33. The SMILES string of the molecule is CCCCOCCN1CC(C(C)C)NCC1CC. The smallest absolute Gasteiger partial charge is 0.0593 e. The topological polar surface area (TPSA) is 24.5 Å². The fourth-order valence-electron chi connectivity index (χ4n) is 2.54. The van der Waals surface area contributed by atoms with Gasteiger partial charge in [0.05, 0.1) is 6.61 Å². The number of rotatable bonds is 8. The lowest BCUT2D eigenvalue weighted by Gasteiger charge is -2.41. The second kappa shape index (κ2) is 8.89. The minimum atomic E-state index is 0.642. The summed E-state index contributed by atoms with van der Waals surface area (Å²) in [7, 11) is 0. The number of nitrogens with zero attached hydrogens (tertiary/aromatic N) is 1. The predicted molar refractivity (Wildman–Crippen MR) is 78.0 cm³/mol. The Morgan fingerprint density at radius 2 is 2.06 bits per heavy atom. The van der Waals surface area contributed by atoms with E-state index in [-0.39, 0.29) is 0 Å². The monoisotopic (exact) mass is 256 g/mol. The van der Waals surface area contributed by atoms with Crippen LogP contribution in [-0.2, 0) is 4.74 Å². The van der Waals surface area contributed by atoms with E-state index >= 15 is 0 Å². The highest BCUT2D eigenvalue weighted by Gasteiger charge is 2.27. The van der Waals surface area contributed by atoms with Gasteiger partial charge in [0.15, 0.2) is 0 Å². The van der Waals surface area contributed by atoms with Crippen LogP contribution in [-0.4, -0.2) is 49.8 Å². The van der Waals surface area contributed by atoms with Gasteiger partial charge in [-0.25, -0.2) is 0 Å². The van der Waals surface area contributed by atoms with Crippen molar-refractivity contribution in [2.45, 2.75) is 59.0 Å². The average molecular weight is 256 g/mol. The molecule has 1 saturated heterocycles. The van der Waals surface area contributed by atoms with Gasteiger partial charge in [0, 0.05) is 38.3 Å². The van der Waals surface area contributed by atoms with Gasteiger partial charge >= 0.3 is 0 Å². The van der Waals surface area contributed by atoms with E-state index in [1.54, 1.807) is 0 Å². The van der Waals surface area contributed by atoms with Crippen molar-refractivity contribution in [3.63, 3.8) is 0 Å². The van der Waals surface area contributed by atoms with Gasteiger partial charge in [-0.1, -0.05) is 34.1 Å². The Morgan fingerprint density at radius 3 is 2.67 bits per heavy atom. The maximum Gasteiger partial charge on any atom is 0.0593 e. The maximum absolute atomic E-state index is 5.70. The summed E-state index contributed by atoms with van der Waals surface area (Å²) in [5.41, 5.74) is 0. The average Bonchev–Trinajstić information content (AvgIpc) is 2.38. The molecular weight excluding hydrogens is 224 g/mol. The number of unbranched alkanes of at least 4 members (excludes halogenated alkanes) is 1. The largest absolute Gasteiger partial charge is 0.380 e. The number of nitrogens with one attached hydrogen (secondary N) is 1. The first kappa shape index (κ1) is 15.9. The zero-order chi connectivity index (χ0) is 13.4. The molecule has 0 aromatic carbocycles. The van der Waals surface area contributed by atoms with Crippen molar-refractivity contribution in [3.8, 4) is 0 Å². The van der Waals surface area contributed by atoms with Crippen LogP contribution in [0.3, 0.4) is 0 Å². The molecule has 108 valence electrons. The lowest BCUT2D eigenvalue weighted by atomic mass is 9.98. The highest BCUT2D eigenvalue weighted by Crippen LogP contribution is 2.14. The Morgan fingerprint density at radius 1 is 1.28 bits per heavy atom. The Hall–Kier alpha value is -0.120. The van der Waals surface area contributed by atoms with Gasteiger partial charge in [-0.05, 0) is 18.8 Å². The van der Waals surface area contributed by atoms with E-state index in [4.69, 9.17) is 4.74 Å². The molecule has 18 heavy (non-hydrogen) atoms. The third kappa shape index (κ3) is 5.25. The molecule has 1 aliphatic heterocycles. The van der Waals surface area contributed by atoms with Crippen molar-refractivity contribution in [2.75, 3.05) is 32.8 Å². The number of hydrogen-bond donors (Lipinski definition) is 1. The summed E-state index contributed by atoms with van der Waals surface area (Å²) in [4.78, 5) is 2.62. The van der Waals surface area contributed by atoms with Crippen LogP contribution in [0, 0.1) is 5.92 Å². The first-order valence-corrected chi connectivity index (χ1v) is 7.74. The van der Waals surface area contributed by atoms with Crippen LogP contribution in [0.15, 0.2) is 0 Å². The molecule has 0 saturated carbocycles. The van der Waals surface area contributed by atoms with Gasteiger partial charge in [-0.2, -0.15) is 0 Å². The minimum absolute atomic E-state index is 0.642. The summed E-state index contributed by atoms with van der Waals surface area (Å²) in [5.74, 6) is 0.714. The standard InChI is InChI=1S/C15H32N2O/c1-5-7-9-18-10-8-17-12-15(13(3)4)16-11-14(17)6-2/h13-16H,5-12H2,1-4H3. The van der Waals surface area contributed by atoms with Crippen LogP contribution in [0.1, 0.15) is 47.0 Å². The van der Waals surface area contributed by atoms with Gasteiger partial charge in [0.2, 0.25) is 0 Å². The van der Waals surface area contributed by atoms with Gasteiger partial charge in [0.25, 0.3) is 0 Å². The molecule has 1 N–H and O–H groups in total. The van der Waals surface area contributed by atoms with Crippen LogP contribution >= 0.6 is 0 Å². The third-order valence-electron chi connectivity index (χ3n) is 4.00. The lowest BCUT2D eigenvalue weighted by Crippen LogP contribution is -2.58. The lowest BCUT2D eigenvalue weighted by molar-refractivity contribution is 0.0567. The molecule has 0 spiro atoms. The quantitative estimate of drug-likeness (QED) is 0.675. The van der Waals surface area contributed by atoms with E-state index in [1.807, 2.05) is 0 Å². The first-order chi connectivity index (χ1) is 8.69. The number of hydrogen-bond acceptors (Lipinski definition) is 3. The molecule has 2 unspecified atom stereocenters. The van der Waals surface area contributed by atoms with Crippen LogP contribution in [0.25, 0.3) is 0 Å². The van der Waals surface area contributed by atoms with E-state index in [9.17, 15) is 0 Å². The summed E-state index contributed by atoms with van der Waals surface area (Å²) in [5, 5.41) is 3.68. The van der Waals surface area contributed by atoms with Crippen LogP contribution in [0.4, 0.5) is 0 Å². The van der Waals surface area contributed by atoms with E-state index in [2.05, 4.69) is 37.9 Å². The molecule has 0 bridgehead atoms. The molecule has 3 nitrogen and oxygen atoms in total. The fraction of sp³-hybridized carbons (Fsp3) is 1.00. The molecule has 0 amide bonds. The Balaban J connectivity index is 2.29. The maximum atomic E-state index is 5.70. The zero-order valence-electron chi connectivity index (χ0n) is 12.7. The van der Waals surface area contributed by atoms with E-state index < -0.39 is 0 Å². The Bertz CT molecular complexity index is 209. The second-order valence-corrected chi connectivity index (χ2v) is 5.78. The van der Waals surface area contributed by atoms with Crippen LogP contribution in [0.2, 0.25) is 0 Å². The van der Waals surface area contributed by atoms with Crippen molar-refractivity contribution in [3.05, 3.63) is 0 Å². The molecule has 3 heteroatoms. The van der Waals surface area contributed by atoms with Crippen LogP contribution < -0.4 is 5.32 Å². The molecule has 2 atom stereocenters. The molecule has 1 aliphatic rings. The van der Waals surface area contributed by atoms with Gasteiger partial charge < -0.3 is 10.1 Å². The summed E-state index contributed by atoms with van der Waals surface area (Å²) in [6.07, 6.45) is 3.64. The van der Waals surface area contributed by atoms with Crippen molar-refractivity contribution < 1.29 is 4.74 Å². The molecular formula is C15H32N2O. The van der Waals surface area contributed by atoms with Crippen molar-refractivity contribution in [2.24, 2.45) is 5.92 Å². The summed E-state index contributed by atoms with van der Waals surface area (Å²) < 4.78 is 5.70. The summed E-state index contributed by atoms with van der Waals surface area (Å²) >= 11 is 0.